The molecule has 0 aliphatic carbocycles. The third-order valence-electron chi connectivity index (χ3n) is 7.59. The lowest BCUT2D eigenvalue weighted by Crippen LogP contribution is -2.45. The number of sulfonamides is 1. The number of benzene rings is 1. The van der Waals surface area contributed by atoms with Crippen molar-refractivity contribution in [3.8, 4) is 0 Å². The fourth-order valence-corrected chi connectivity index (χ4v) is 6.28. The summed E-state index contributed by atoms with van der Waals surface area (Å²) in [7, 11) is -3.59. The number of carbonyl (C=O) groups is 1. The van der Waals surface area contributed by atoms with E-state index in [9.17, 15) is 13.2 Å². The summed E-state index contributed by atoms with van der Waals surface area (Å²) in [6, 6.07) is 8.43. The lowest BCUT2D eigenvalue weighted by atomic mass is 9.98. The van der Waals surface area contributed by atoms with Crippen molar-refractivity contribution in [2.45, 2.75) is 44.6 Å². The number of hydrogen-bond donors (Lipinski definition) is 2. The Balaban J connectivity index is 1.38. The van der Waals surface area contributed by atoms with E-state index in [1.807, 2.05) is 10.6 Å². The number of nitrogens with zero attached hydrogens (tertiary/aromatic N) is 6. The molecule has 2 aromatic heterocycles. The van der Waals surface area contributed by atoms with Gasteiger partial charge in [-0.25, -0.2) is 18.8 Å². The second-order valence-electron chi connectivity index (χ2n) is 10.5. The summed E-state index contributed by atoms with van der Waals surface area (Å²) in [6.45, 7) is 4.31. The molecule has 3 aliphatic heterocycles. The lowest BCUT2D eigenvalue weighted by molar-refractivity contribution is 0.0607. The molecule has 0 radical (unpaired) electrons. The molecule has 11 nitrogen and oxygen atoms in total. The molecule has 0 spiro atoms. The van der Waals surface area contributed by atoms with Crippen LogP contribution >= 0.6 is 11.6 Å². The average Bonchev–Trinajstić information content (AvgIpc) is 3.32. The van der Waals surface area contributed by atoms with E-state index in [0.29, 0.717) is 11.6 Å². The summed E-state index contributed by atoms with van der Waals surface area (Å²) in [5.74, 6) is 1.60. The molecule has 3 aliphatic rings. The number of carbonyl (C=O) groups excluding carboxylic acids is 1. The predicted octanol–water partition coefficient (Wildman–Crippen LogP) is 3.44. The van der Waals surface area contributed by atoms with Gasteiger partial charge < -0.3 is 9.80 Å². The first-order valence-corrected chi connectivity index (χ1v) is 15.8. The highest BCUT2D eigenvalue weighted by Gasteiger charge is 2.33. The fraction of sp³-hybridized carbons (Fsp3) is 0.500. The van der Waals surface area contributed by atoms with Gasteiger partial charge in [0.15, 0.2) is 5.65 Å². The van der Waals surface area contributed by atoms with Crippen LogP contribution < -0.4 is 20.1 Å². The van der Waals surface area contributed by atoms with Gasteiger partial charge >= 0.3 is 0 Å². The van der Waals surface area contributed by atoms with Gasteiger partial charge in [-0.1, -0.05) is 11.6 Å². The molecule has 1 amide bonds. The molecule has 3 saturated heterocycles. The Kier molecular flexibility index (Phi) is 7.02. The lowest BCUT2D eigenvalue weighted by Gasteiger charge is -2.35. The van der Waals surface area contributed by atoms with Crippen LogP contribution in [0.15, 0.2) is 30.3 Å². The van der Waals surface area contributed by atoms with Gasteiger partial charge in [-0.2, -0.15) is 9.61 Å². The van der Waals surface area contributed by atoms with Gasteiger partial charge in [-0.15, -0.1) is 0 Å². The standard InChI is InChI=1S/C26H33ClN8O3S/c1-39(37,38)31-20-9-8-18(27)15-19(20)26(36)33-13-4-2-7-22(33)21-16-24-29-23(32-11-6-12-32)17-25(35(24)30-21)34-14-5-3-10-28-34/h8-9,15-17,22,28,31H,2-7,10-14H2,1H3/t22-/m0/s1. The number of anilines is 3. The maximum atomic E-state index is 13.9. The van der Waals surface area contributed by atoms with E-state index in [2.05, 4.69) is 26.1 Å². The Morgan fingerprint density at radius 1 is 1.05 bits per heavy atom. The Morgan fingerprint density at radius 3 is 2.59 bits per heavy atom. The molecule has 1 aromatic carbocycles. The van der Waals surface area contributed by atoms with Gasteiger partial charge in [-0.05, 0) is 56.7 Å². The number of nitrogens with one attached hydrogen (secondary N) is 2. The molecule has 13 heteroatoms. The van der Waals surface area contributed by atoms with Crippen LogP contribution in [0, 0.1) is 0 Å². The van der Waals surface area contributed by atoms with Crippen LogP contribution in [0.1, 0.15) is 60.6 Å². The average molecular weight is 573 g/mol. The van der Waals surface area contributed by atoms with Crippen LogP contribution in [0.25, 0.3) is 5.65 Å². The highest BCUT2D eigenvalue weighted by Crippen LogP contribution is 2.35. The molecular weight excluding hydrogens is 540 g/mol. The smallest absolute Gasteiger partial charge is 0.256 e. The van der Waals surface area contributed by atoms with E-state index >= 15 is 0 Å². The summed E-state index contributed by atoms with van der Waals surface area (Å²) in [4.78, 5) is 22.9. The van der Waals surface area contributed by atoms with Crippen molar-refractivity contribution in [3.05, 3.63) is 46.6 Å². The van der Waals surface area contributed by atoms with Gasteiger partial charge in [0.05, 0.1) is 29.2 Å². The zero-order valence-corrected chi connectivity index (χ0v) is 23.5. The first kappa shape index (κ1) is 26.1. The number of hydrazine groups is 1. The van der Waals surface area contributed by atoms with Gasteiger partial charge in [-0.3, -0.25) is 14.5 Å². The second-order valence-corrected chi connectivity index (χ2v) is 12.7. The maximum absolute atomic E-state index is 13.9. The van der Waals surface area contributed by atoms with Crippen molar-refractivity contribution >= 4 is 50.5 Å². The molecule has 0 unspecified atom stereocenters. The SMILES string of the molecule is CS(=O)(=O)Nc1ccc(Cl)cc1C(=O)N1CCCC[C@H]1c1cc2nc(N3CCC3)cc(N3CCCCN3)n2n1. The Labute approximate surface area is 233 Å². The number of piperidine rings is 1. The highest BCUT2D eigenvalue weighted by atomic mass is 35.5. The van der Waals surface area contributed by atoms with Gasteiger partial charge in [0.2, 0.25) is 10.0 Å². The Hall–Kier alpha value is -3.09. The first-order valence-electron chi connectivity index (χ1n) is 13.5. The van der Waals surface area contributed by atoms with E-state index in [1.165, 1.54) is 12.1 Å². The van der Waals surface area contributed by atoms with Gasteiger partial charge in [0.1, 0.15) is 11.6 Å². The van der Waals surface area contributed by atoms with E-state index in [-0.39, 0.29) is 23.2 Å². The normalized spacial score (nSPS) is 20.3. The van der Waals surface area contributed by atoms with Crippen LogP contribution in [0.4, 0.5) is 17.3 Å². The van der Waals surface area contributed by atoms with E-state index in [1.54, 1.807) is 11.0 Å². The van der Waals surface area contributed by atoms with E-state index in [4.69, 9.17) is 21.7 Å². The summed E-state index contributed by atoms with van der Waals surface area (Å²) in [6.07, 6.45) is 7.01. The summed E-state index contributed by atoms with van der Waals surface area (Å²) in [5, 5.41) is 7.52. The second kappa shape index (κ2) is 10.5. The largest absolute Gasteiger partial charge is 0.356 e. The Morgan fingerprint density at radius 2 is 1.87 bits per heavy atom. The topological polar surface area (TPSA) is 115 Å². The molecule has 39 heavy (non-hydrogen) atoms. The molecule has 1 atom stereocenters. The summed E-state index contributed by atoms with van der Waals surface area (Å²) in [5.41, 5.74) is 5.45. The zero-order valence-electron chi connectivity index (χ0n) is 21.9. The minimum absolute atomic E-state index is 0.213. The van der Waals surface area contributed by atoms with E-state index < -0.39 is 10.0 Å². The van der Waals surface area contributed by atoms with Crippen LogP contribution in [0.3, 0.4) is 0 Å². The quantitative estimate of drug-likeness (QED) is 0.462. The van der Waals surface area contributed by atoms with Crippen LogP contribution in [-0.4, -0.2) is 72.8 Å². The minimum Gasteiger partial charge on any atom is -0.356 e. The van der Waals surface area contributed by atoms with Crippen molar-refractivity contribution in [1.29, 1.82) is 0 Å². The molecule has 5 heterocycles. The molecule has 3 fully saturated rings. The summed E-state index contributed by atoms with van der Waals surface area (Å²) >= 11 is 6.24. The fourth-order valence-electron chi connectivity index (χ4n) is 5.53. The van der Waals surface area contributed by atoms with Crippen LogP contribution in [0.2, 0.25) is 5.02 Å². The number of fused-ring (bicyclic) bond motifs is 1. The third kappa shape index (κ3) is 5.37. The number of hydrogen-bond acceptors (Lipinski definition) is 8. The van der Waals surface area contributed by atoms with Crippen molar-refractivity contribution in [1.82, 2.24) is 24.9 Å². The molecule has 208 valence electrons. The van der Waals surface area contributed by atoms with Crippen molar-refractivity contribution in [3.63, 3.8) is 0 Å². The number of rotatable bonds is 6. The predicted molar refractivity (Wildman–Crippen MR) is 152 cm³/mol. The Bertz CT molecular complexity index is 1500. The van der Waals surface area contributed by atoms with Crippen LogP contribution in [-0.2, 0) is 10.0 Å². The number of halogens is 1. The molecular formula is C26H33ClN8O3S. The molecule has 3 aromatic rings. The number of likely N-dealkylation sites (tertiary alicyclic amines) is 1. The van der Waals surface area contributed by atoms with Gasteiger partial charge in [0.25, 0.3) is 5.91 Å². The van der Waals surface area contributed by atoms with Crippen LogP contribution in [0.5, 0.6) is 0 Å². The molecule has 0 saturated carbocycles. The molecule has 0 bridgehead atoms. The van der Waals surface area contributed by atoms with E-state index in [0.717, 1.165) is 93.9 Å². The third-order valence-corrected chi connectivity index (χ3v) is 8.42. The van der Waals surface area contributed by atoms with Crippen molar-refractivity contribution in [2.75, 3.05) is 53.6 Å². The van der Waals surface area contributed by atoms with Gasteiger partial charge in [0, 0.05) is 49.9 Å². The van der Waals surface area contributed by atoms with Crippen molar-refractivity contribution < 1.29 is 13.2 Å². The minimum atomic E-state index is -3.59. The number of aromatic nitrogens is 3. The zero-order chi connectivity index (χ0) is 27.1. The summed E-state index contributed by atoms with van der Waals surface area (Å²) < 4.78 is 28.3. The van der Waals surface area contributed by atoms with Crippen molar-refractivity contribution in [2.24, 2.45) is 0 Å². The molecule has 2 N–H and O–H groups in total. The number of amides is 1. The monoisotopic (exact) mass is 572 g/mol. The first-order chi connectivity index (χ1) is 18.8. The highest BCUT2D eigenvalue weighted by molar-refractivity contribution is 7.92. The maximum Gasteiger partial charge on any atom is 0.256 e. The molecule has 6 rings (SSSR count).